The molecule has 0 saturated carbocycles. The first-order chi connectivity index (χ1) is 12.5. The second-order valence-corrected chi connectivity index (χ2v) is 6.45. The second-order valence-electron chi connectivity index (χ2n) is 6.45. The van der Waals surface area contributed by atoms with Gasteiger partial charge in [-0.25, -0.2) is 9.07 Å². The Bertz CT molecular complexity index is 898. The first-order valence-electron chi connectivity index (χ1n) is 8.72. The van der Waals surface area contributed by atoms with Gasteiger partial charge >= 0.3 is 0 Å². The van der Waals surface area contributed by atoms with Crippen LogP contribution in [0.25, 0.3) is 16.9 Å². The highest BCUT2D eigenvalue weighted by Gasteiger charge is 2.18. The molecular formula is C21H22FN3O. The maximum Gasteiger partial charge on any atom is 0.270 e. The number of aryl methyl sites for hydroxylation is 1. The number of carbonyl (C=O) groups is 1. The molecule has 26 heavy (non-hydrogen) atoms. The molecule has 5 heteroatoms. The molecule has 1 aromatic heterocycles. The molecule has 3 rings (SSSR count). The lowest BCUT2D eigenvalue weighted by atomic mass is 10.1. The summed E-state index contributed by atoms with van der Waals surface area (Å²) in [5, 5.41) is 7.58. The molecule has 3 aromatic rings. The molecule has 134 valence electrons. The number of benzene rings is 2. The SMILES string of the molecule is CCC(C)NC(=O)c1cc(-c2ccc(F)cc2)nn1-c1ccc(C)cc1. The van der Waals surface area contributed by atoms with Gasteiger partial charge in [0.15, 0.2) is 0 Å². The Morgan fingerprint density at radius 1 is 1.15 bits per heavy atom. The van der Waals surface area contributed by atoms with Crippen LogP contribution in [0.5, 0.6) is 0 Å². The zero-order valence-electron chi connectivity index (χ0n) is 15.2. The number of aromatic nitrogens is 2. The molecule has 0 radical (unpaired) electrons. The number of amides is 1. The molecule has 0 bridgehead atoms. The normalized spacial score (nSPS) is 12.0. The molecule has 1 amide bonds. The minimum atomic E-state index is -0.304. The van der Waals surface area contributed by atoms with Gasteiger partial charge in [0, 0.05) is 11.6 Å². The Morgan fingerprint density at radius 2 is 1.81 bits per heavy atom. The number of halogens is 1. The summed E-state index contributed by atoms with van der Waals surface area (Å²) in [6, 6.07) is 15.7. The van der Waals surface area contributed by atoms with E-state index in [0.717, 1.165) is 23.2 Å². The second kappa shape index (κ2) is 7.52. The highest BCUT2D eigenvalue weighted by Crippen LogP contribution is 2.22. The Morgan fingerprint density at radius 3 is 2.42 bits per heavy atom. The lowest BCUT2D eigenvalue weighted by Gasteiger charge is -2.12. The van der Waals surface area contributed by atoms with Crippen LogP contribution in [0.3, 0.4) is 0 Å². The molecule has 4 nitrogen and oxygen atoms in total. The fraction of sp³-hybridized carbons (Fsp3) is 0.238. The molecule has 1 unspecified atom stereocenters. The molecule has 1 atom stereocenters. The quantitative estimate of drug-likeness (QED) is 0.735. The number of nitrogens with one attached hydrogen (secondary N) is 1. The van der Waals surface area contributed by atoms with Crippen LogP contribution in [0.2, 0.25) is 0 Å². The van der Waals surface area contributed by atoms with Gasteiger partial charge in [-0.3, -0.25) is 4.79 Å². The van der Waals surface area contributed by atoms with E-state index in [1.165, 1.54) is 12.1 Å². The Kier molecular flexibility index (Phi) is 5.16. The van der Waals surface area contributed by atoms with Gasteiger partial charge in [0.2, 0.25) is 0 Å². The Labute approximate surface area is 152 Å². The summed E-state index contributed by atoms with van der Waals surface area (Å²) in [5.41, 5.74) is 3.77. The van der Waals surface area contributed by atoms with E-state index in [-0.39, 0.29) is 17.8 Å². The van der Waals surface area contributed by atoms with Gasteiger partial charge in [-0.15, -0.1) is 0 Å². The minimum absolute atomic E-state index is 0.0677. The van der Waals surface area contributed by atoms with Crippen LogP contribution in [0.15, 0.2) is 54.6 Å². The van der Waals surface area contributed by atoms with Gasteiger partial charge in [0.25, 0.3) is 5.91 Å². The van der Waals surface area contributed by atoms with Crippen molar-refractivity contribution in [2.24, 2.45) is 0 Å². The summed E-state index contributed by atoms with van der Waals surface area (Å²) in [4.78, 5) is 12.7. The summed E-state index contributed by atoms with van der Waals surface area (Å²) < 4.78 is 14.8. The first-order valence-corrected chi connectivity index (χ1v) is 8.72. The number of nitrogens with zero attached hydrogens (tertiary/aromatic N) is 2. The van der Waals surface area contributed by atoms with Crippen molar-refractivity contribution in [3.8, 4) is 16.9 Å². The third kappa shape index (κ3) is 3.82. The number of carbonyl (C=O) groups excluding carboxylic acids is 1. The molecule has 0 saturated heterocycles. The van der Waals surface area contributed by atoms with Gasteiger partial charge in [0.1, 0.15) is 11.5 Å². The third-order valence-corrected chi connectivity index (χ3v) is 4.35. The molecule has 0 fully saturated rings. The highest BCUT2D eigenvalue weighted by molar-refractivity contribution is 5.94. The van der Waals surface area contributed by atoms with E-state index in [0.29, 0.717) is 11.4 Å². The molecule has 0 aliphatic carbocycles. The number of rotatable bonds is 5. The summed E-state index contributed by atoms with van der Waals surface area (Å²) >= 11 is 0. The van der Waals surface area contributed by atoms with Gasteiger partial charge in [-0.05, 0) is 62.7 Å². The zero-order chi connectivity index (χ0) is 18.7. The highest BCUT2D eigenvalue weighted by atomic mass is 19.1. The van der Waals surface area contributed by atoms with Crippen LogP contribution in [-0.4, -0.2) is 21.7 Å². The maximum absolute atomic E-state index is 13.2. The summed E-state index contributed by atoms with van der Waals surface area (Å²) in [5.74, 6) is -0.484. The monoisotopic (exact) mass is 351 g/mol. The van der Waals surface area contributed by atoms with Gasteiger partial charge < -0.3 is 5.32 Å². The largest absolute Gasteiger partial charge is 0.348 e. The van der Waals surface area contributed by atoms with Crippen molar-refractivity contribution in [3.63, 3.8) is 0 Å². The van der Waals surface area contributed by atoms with Gasteiger partial charge in [0.05, 0.1) is 11.4 Å². The van der Waals surface area contributed by atoms with E-state index in [1.54, 1.807) is 22.9 Å². The topological polar surface area (TPSA) is 46.9 Å². The smallest absolute Gasteiger partial charge is 0.270 e. The van der Waals surface area contributed by atoms with Crippen molar-refractivity contribution in [1.82, 2.24) is 15.1 Å². The lowest BCUT2D eigenvalue weighted by molar-refractivity contribution is 0.0931. The third-order valence-electron chi connectivity index (χ3n) is 4.35. The summed E-state index contributed by atoms with van der Waals surface area (Å²) in [6.07, 6.45) is 0.842. The standard InChI is InChI=1S/C21H22FN3O/c1-4-15(3)23-21(26)20-13-19(16-7-9-17(22)10-8-16)24-25(20)18-11-5-14(2)6-12-18/h5-13,15H,4H2,1-3H3,(H,23,26). The van der Waals surface area contributed by atoms with E-state index >= 15 is 0 Å². The van der Waals surface area contributed by atoms with E-state index in [1.807, 2.05) is 45.0 Å². The van der Waals surface area contributed by atoms with E-state index < -0.39 is 0 Å². The molecule has 1 N–H and O–H groups in total. The van der Waals surface area contributed by atoms with Crippen LogP contribution in [-0.2, 0) is 0 Å². The van der Waals surface area contributed by atoms with Crippen molar-refractivity contribution >= 4 is 5.91 Å². The van der Waals surface area contributed by atoms with Crippen molar-refractivity contribution in [1.29, 1.82) is 0 Å². The van der Waals surface area contributed by atoms with Crippen LogP contribution in [0, 0.1) is 12.7 Å². The molecule has 0 aliphatic rings. The predicted molar refractivity (Wildman–Crippen MR) is 101 cm³/mol. The van der Waals surface area contributed by atoms with Gasteiger partial charge in [-0.1, -0.05) is 24.6 Å². The minimum Gasteiger partial charge on any atom is -0.348 e. The fourth-order valence-corrected chi connectivity index (χ4v) is 2.59. The van der Waals surface area contributed by atoms with Gasteiger partial charge in [-0.2, -0.15) is 5.10 Å². The van der Waals surface area contributed by atoms with Crippen molar-refractivity contribution in [2.75, 3.05) is 0 Å². The van der Waals surface area contributed by atoms with E-state index in [2.05, 4.69) is 10.4 Å². The zero-order valence-corrected chi connectivity index (χ0v) is 15.2. The summed E-state index contributed by atoms with van der Waals surface area (Å²) in [6.45, 7) is 5.99. The summed E-state index contributed by atoms with van der Waals surface area (Å²) in [7, 11) is 0. The Hall–Kier alpha value is -2.95. The number of hydrogen-bond acceptors (Lipinski definition) is 2. The van der Waals surface area contributed by atoms with Crippen LogP contribution < -0.4 is 5.32 Å². The average molecular weight is 351 g/mol. The average Bonchev–Trinajstić information content (AvgIpc) is 3.08. The predicted octanol–water partition coefficient (Wildman–Crippen LogP) is 4.52. The van der Waals surface area contributed by atoms with Crippen LogP contribution in [0.4, 0.5) is 4.39 Å². The number of hydrogen-bond donors (Lipinski definition) is 1. The van der Waals surface area contributed by atoms with Crippen LogP contribution >= 0.6 is 0 Å². The van der Waals surface area contributed by atoms with E-state index in [4.69, 9.17) is 0 Å². The molecule has 0 spiro atoms. The lowest BCUT2D eigenvalue weighted by Crippen LogP contribution is -2.33. The van der Waals surface area contributed by atoms with Crippen molar-refractivity contribution in [2.45, 2.75) is 33.2 Å². The first kappa shape index (κ1) is 17.9. The van der Waals surface area contributed by atoms with Crippen molar-refractivity contribution in [3.05, 3.63) is 71.7 Å². The maximum atomic E-state index is 13.2. The molecular weight excluding hydrogens is 329 g/mol. The molecule has 1 heterocycles. The fourth-order valence-electron chi connectivity index (χ4n) is 2.59. The Balaban J connectivity index is 2.06. The van der Waals surface area contributed by atoms with E-state index in [9.17, 15) is 9.18 Å². The molecule has 2 aromatic carbocycles. The molecule has 0 aliphatic heterocycles. The van der Waals surface area contributed by atoms with Crippen LogP contribution in [0.1, 0.15) is 36.3 Å². The van der Waals surface area contributed by atoms with Crippen molar-refractivity contribution < 1.29 is 9.18 Å².